The first kappa shape index (κ1) is 21.6. The summed E-state index contributed by atoms with van der Waals surface area (Å²) in [4.78, 5) is 12.5. The maximum Gasteiger partial charge on any atom is 0.243 e. The first-order valence-corrected chi connectivity index (χ1v) is 10.6. The number of sulfonamides is 1. The van der Waals surface area contributed by atoms with Crippen LogP contribution < -0.4 is 5.32 Å². The van der Waals surface area contributed by atoms with Crippen molar-refractivity contribution >= 4 is 21.6 Å². The number of halogens is 2. The van der Waals surface area contributed by atoms with E-state index in [-0.39, 0.29) is 11.4 Å². The molecule has 0 spiro atoms. The van der Waals surface area contributed by atoms with Gasteiger partial charge >= 0.3 is 0 Å². The molecule has 5 nitrogen and oxygen atoms in total. The first-order chi connectivity index (χ1) is 14.3. The van der Waals surface area contributed by atoms with Crippen molar-refractivity contribution in [2.75, 3.05) is 11.9 Å². The van der Waals surface area contributed by atoms with Crippen LogP contribution in [-0.2, 0) is 21.4 Å². The third-order valence-corrected chi connectivity index (χ3v) is 6.21. The fraction of sp³-hybridized carbons (Fsp3) is 0.136. The lowest BCUT2D eigenvalue weighted by Gasteiger charge is -2.22. The lowest BCUT2D eigenvalue weighted by atomic mass is 10.1. The monoisotopic (exact) mass is 430 g/mol. The molecule has 0 saturated carbocycles. The Labute approximate surface area is 174 Å². The second kappa shape index (κ2) is 9.15. The molecule has 0 bridgehead atoms. The number of amides is 1. The predicted molar refractivity (Wildman–Crippen MR) is 110 cm³/mol. The number of nitrogens with zero attached hydrogens (tertiary/aromatic N) is 1. The van der Waals surface area contributed by atoms with E-state index >= 15 is 0 Å². The van der Waals surface area contributed by atoms with E-state index in [0.29, 0.717) is 5.56 Å². The molecule has 0 fully saturated rings. The molecule has 0 unspecified atom stereocenters. The SMILES string of the molecule is Cc1ccc(CN(CC(=O)Nc2c(F)cccc2F)S(=O)(=O)c2ccccc2)cc1. The number of benzene rings is 3. The molecule has 1 N–H and O–H groups in total. The van der Waals surface area contributed by atoms with Crippen LogP contribution in [0.3, 0.4) is 0 Å². The summed E-state index contributed by atoms with van der Waals surface area (Å²) in [6.07, 6.45) is 0. The van der Waals surface area contributed by atoms with Crippen LogP contribution in [0.5, 0.6) is 0 Å². The Kier molecular flexibility index (Phi) is 6.59. The fourth-order valence-electron chi connectivity index (χ4n) is 2.82. The quantitative estimate of drug-likeness (QED) is 0.614. The molecule has 156 valence electrons. The summed E-state index contributed by atoms with van der Waals surface area (Å²) < 4.78 is 54.9. The van der Waals surface area contributed by atoms with E-state index in [4.69, 9.17) is 0 Å². The van der Waals surface area contributed by atoms with Crippen molar-refractivity contribution in [2.45, 2.75) is 18.4 Å². The molecular weight excluding hydrogens is 410 g/mol. The third-order valence-electron chi connectivity index (χ3n) is 4.41. The van der Waals surface area contributed by atoms with Gasteiger partial charge in [-0.05, 0) is 36.8 Å². The first-order valence-electron chi connectivity index (χ1n) is 9.12. The van der Waals surface area contributed by atoms with Gasteiger partial charge in [0.25, 0.3) is 0 Å². The minimum atomic E-state index is -4.03. The molecule has 3 aromatic rings. The van der Waals surface area contributed by atoms with Crippen LogP contribution in [0.2, 0.25) is 0 Å². The van der Waals surface area contributed by atoms with Gasteiger partial charge in [0.1, 0.15) is 17.3 Å². The van der Waals surface area contributed by atoms with Crippen molar-refractivity contribution in [3.05, 3.63) is 95.6 Å². The number of hydrogen-bond donors (Lipinski definition) is 1. The van der Waals surface area contributed by atoms with Crippen LogP contribution in [0.25, 0.3) is 0 Å². The van der Waals surface area contributed by atoms with Gasteiger partial charge in [-0.3, -0.25) is 4.79 Å². The topological polar surface area (TPSA) is 66.5 Å². The number of aryl methyl sites for hydroxylation is 1. The highest BCUT2D eigenvalue weighted by molar-refractivity contribution is 7.89. The van der Waals surface area contributed by atoms with Crippen LogP contribution in [0.1, 0.15) is 11.1 Å². The number of para-hydroxylation sites is 1. The third kappa shape index (κ3) is 5.08. The van der Waals surface area contributed by atoms with Gasteiger partial charge in [0.15, 0.2) is 0 Å². The van der Waals surface area contributed by atoms with Crippen LogP contribution in [0.4, 0.5) is 14.5 Å². The lowest BCUT2D eigenvalue weighted by molar-refractivity contribution is -0.116. The van der Waals surface area contributed by atoms with E-state index in [2.05, 4.69) is 5.32 Å². The van der Waals surface area contributed by atoms with E-state index in [1.165, 1.54) is 18.2 Å². The van der Waals surface area contributed by atoms with Crippen molar-refractivity contribution in [3.63, 3.8) is 0 Å². The number of carbonyl (C=O) groups excluding carboxylic acids is 1. The number of anilines is 1. The maximum absolute atomic E-state index is 13.8. The highest BCUT2D eigenvalue weighted by Gasteiger charge is 2.27. The van der Waals surface area contributed by atoms with Crippen molar-refractivity contribution in [1.82, 2.24) is 4.31 Å². The van der Waals surface area contributed by atoms with Crippen molar-refractivity contribution < 1.29 is 22.0 Å². The molecule has 0 saturated heterocycles. The Balaban J connectivity index is 1.89. The van der Waals surface area contributed by atoms with Crippen LogP contribution >= 0.6 is 0 Å². The second-order valence-corrected chi connectivity index (χ2v) is 8.65. The normalized spacial score (nSPS) is 11.5. The molecular formula is C22H20F2N2O3S. The van der Waals surface area contributed by atoms with Gasteiger partial charge in [0, 0.05) is 6.54 Å². The molecule has 3 rings (SSSR count). The number of rotatable bonds is 7. The Morgan fingerprint density at radius 3 is 2.10 bits per heavy atom. The summed E-state index contributed by atoms with van der Waals surface area (Å²) >= 11 is 0. The number of carbonyl (C=O) groups is 1. The van der Waals surface area contributed by atoms with Crippen molar-refractivity contribution in [3.8, 4) is 0 Å². The van der Waals surface area contributed by atoms with Gasteiger partial charge in [0.05, 0.1) is 11.4 Å². The molecule has 8 heteroatoms. The lowest BCUT2D eigenvalue weighted by Crippen LogP contribution is -2.37. The molecule has 1 amide bonds. The van der Waals surface area contributed by atoms with Gasteiger partial charge in [0.2, 0.25) is 15.9 Å². The highest BCUT2D eigenvalue weighted by Crippen LogP contribution is 2.21. The maximum atomic E-state index is 13.8. The molecule has 0 aliphatic rings. The zero-order valence-corrected chi connectivity index (χ0v) is 17.0. The standard InChI is InChI=1S/C22H20F2N2O3S/c1-16-10-12-17(13-11-16)14-26(30(28,29)18-6-3-2-4-7-18)15-21(27)25-22-19(23)8-5-9-20(22)24/h2-13H,14-15H2,1H3,(H,25,27). The average Bonchev–Trinajstić information content (AvgIpc) is 2.72. The number of nitrogens with one attached hydrogen (secondary N) is 1. The van der Waals surface area contributed by atoms with E-state index < -0.39 is 39.8 Å². The zero-order chi connectivity index (χ0) is 21.7. The summed E-state index contributed by atoms with van der Waals surface area (Å²) in [5.74, 6) is -2.75. The van der Waals surface area contributed by atoms with Crippen LogP contribution in [-0.4, -0.2) is 25.2 Å². The van der Waals surface area contributed by atoms with E-state index in [1.807, 2.05) is 19.1 Å². The number of hydrogen-bond acceptors (Lipinski definition) is 3. The summed E-state index contributed by atoms with van der Waals surface area (Å²) in [5.41, 5.74) is 1.06. The zero-order valence-electron chi connectivity index (χ0n) is 16.2. The minimum Gasteiger partial charge on any atom is -0.320 e. The second-order valence-electron chi connectivity index (χ2n) is 6.72. The molecule has 3 aromatic carbocycles. The molecule has 0 radical (unpaired) electrons. The summed E-state index contributed by atoms with van der Waals surface area (Å²) in [6.45, 7) is 1.21. The average molecular weight is 430 g/mol. The van der Waals surface area contributed by atoms with E-state index in [1.54, 1.807) is 30.3 Å². The Hall–Kier alpha value is -3.10. The van der Waals surface area contributed by atoms with Gasteiger partial charge in [-0.1, -0.05) is 54.1 Å². The Bertz CT molecular complexity index is 1110. The fourth-order valence-corrected chi connectivity index (χ4v) is 4.23. The highest BCUT2D eigenvalue weighted by atomic mass is 32.2. The van der Waals surface area contributed by atoms with Crippen molar-refractivity contribution in [1.29, 1.82) is 0 Å². The summed E-state index contributed by atoms with van der Waals surface area (Å²) in [5, 5.41) is 2.13. The Morgan fingerprint density at radius 1 is 0.900 bits per heavy atom. The van der Waals surface area contributed by atoms with Gasteiger partial charge in [-0.15, -0.1) is 0 Å². The Morgan fingerprint density at radius 2 is 1.50 bits per heavy atom. The molecule has 30 heavy (non-hydrogen) atoms. The predicted octanol–water partition coefficient (Wildman–Crippen LogP) is 4.10. The van der Waals surface area contributed by atoms with Crippen LogP contribution in [0.15, 0.2) is 77.7 Å². The van der Waals surface area contributed by atoms with E-state index in [0.717, 1.165) is 22.0 Å². The smallest absolute Gasteiger partial charge is 0.243 e. The molecule has 0 aromatic heterocycles. The molecule has 0 aliphatic heterocycles. The van der Waals surface area contributed by atoms with Crippen LogP contribution in [0, 0.1) is 18.6 Å². The van der Waals surface area contributed by atoms with Crippen molar-refractivity contribution in [2.24, 2.45) is 0 Å². The van der Waals surface area contributed by atoms with E-state index in [9.17, 15) is 22.0 Å². The molecule has 0 atom stereocenters. The van der Waals surface area contributed by atoms with Gasteiger partial charge in [-0.25, -0.2) is 17.2 Å². The molecule has 0 heterocycles. The van der Waals surface area contributed by atoms with Gasteiger partial charge < -0.3 is 5.32 Å². The largest absolute Gasteiger partial charge is 0.320 e. The summed E-state index contributed by atoms with van der Waals surface area (Å²) in [7, 11) is -4.03. The molecule has 0 aliphatic carbocycles. The minimum absolute atomic E-state index is 0.0157. The van der Waals surface area contributed by atoms with Gasteiger partial charge in [-0.2, -0.15) is 4.31 Å². The summed E-state index contributed by atoms with van der Waals surface area (Å²) in [6, 6.07) is 18.0.